The topological polar surface area (TPSA) is 33.1 Å². The Balaban J connectivity index is 2.20. The molecule has 0 spiro atoms. The second kappa shape index (κ2) is 4.76. The van der Waals surface area contributed by atoms with Crippen LogP contribution in [0.3, 0.4) is 0 Å². The van der Waals surface area contributed by atoms with Crippen molar-refractivity contribution in [3.05, 3.63) is 51.5 Å². The fraction of sp³-hybridized carbons (Fsp3) is 0.308. The van der Waals surface area contributed by atoms with E-state index in [2.05, 4.69) is 17.1 Å². The van der Waals surface area contributed by atoms with Gasteiger partial charge in [-0.1, -0.05) is 30.3 Å². The Kier molecular flexibility index (Phi) is 3.36. The first-order valence-electron chi connectivity index (χ1n) is 5.35. The average Bonchev–Trinajstić information content (AvgIpc) is 2.61. The van der Waals surface area contributed by atoms with Crippen LogP contribution in [0.1, 0.15) is 34.2 Å². The Labute approximate surface area is 99.6 Å². The van der Waals surface area contributed by atoms with Crippen molar-refractivity contribution in [2.75, 3.05) is 0 Å². The summed E-state index contributed by atoms with van der Waals surface area (Å²) in [6.07, 6.45) is 0.432. The lowest BCUT2D eigenvalue weighted by Gasteiger charge is -1.98. The van der Waals surface area contributed by atoms with Gasteiger partial charge in [0.05, 0.1) is 21.7 Å². The minimum Gasteiger partial charge on any atom is -0.388 e. The molecule has 2 rings (SSSR count). The molecule has 1 unspecified atom stereocenters. The molecule has 2 nitrogen and oxygen atoms in total. The van der Waals surface area contributed by atoms with Crippen molar-refractivity contribution in [2.45, 2.75) is 26.4 Å². The average molecular weight is 233 g/mol. The van der Waals surface area contributed by atoms with Gasteiger partial charge in [0.15, 0.2) is 0 Å². The van der Waals surface area contributed by atoms with Crippen molar-refractivity contribution in [1.29, 1.82) is 0 Å². The van der Waals surface area contributed by atoms with E-state index >= 15 is 0 Å². The van der Waals surface area contributed by atoms with Gasteiger partial charge in [0, 0.05) is 6.42 Å². The van der Waals surface area contributed by atoms with Crippen LogP contribution in [0.4, 0.5) is 0 Å². The number of hydrogen-bond donors (Lipinski definition) is 1. The molecule has 0 aliphatic carbocycles. The van der Waals surface area contributed by atoms with Crippen LogP contribution in [-0.4, -0.2) is 10.1 Å². The number of aliphatic hydroxyl groups excluding tert-OH is 1. The van der Waals surface area contributed by atoms with Gasteiger partial charge in [-0.2, -0.15) is 0 Å². The van der Waals surface area contributed by atoms with Crippen LogP contribution >= 0.6 is 11.3 Å². The van der Waals surface area contributed by atoms with Gasteiger partial charge in [0.2, 0.25) is 0 Å². The minimum atomic E-state index is -0.415. The molecule has 1 aromatic carbocycles. The molecule has 0 radical (unpaired) electrons. The third kappa shape index (κ3) is 2.49. The SMILES string of the molecule is Cc1nc(Cc2ccccc2)sc1C(C)O. The first-order chi connectivity index (χ1) is 7.66. The fourth-order valence-electron chi connectivity index (χ4n) is 1.70. The number of rotatable bonds is 3. The molecule has 1 N–H and O–H groups in total. The van der Waals surface area contributed by atoms with Crippen molar-refractivity contribution in [1.82, 2.24) is 4.98 Å². The molecule has 0 amide bonds. The largest absolute Gasteiger partial charge is 0.388 e. The number of aliphatic hydroxyl groups is 1. The van der Waals surface area contributed by atoms with E-state index in [1.165, 1.54) is 5.56 Å². The monoisotopic (exact) mass is 233 g/mol. The predicted molar refractivity (Wildman–Crippen MR) is 66.7 cm³/mol. The first kappa shape index (κ1) is 11.3. The molecule has 84 valence electrons. The number of aromatic nitrogens is 1. The summed E-state index contributed by atoms with van der Waals surface area (Å²) in [6.45, 7) is 3.74. The van der Waals surface area contributed by atoms with E-state index in [9.17, 15) is 5.11 Å². The Hall–Kier alpha value is -1.19. The van der Waals surface area contributed by atoms with Crippen molar-refractivity contribution in [3.8, 4) is 0 Å². The standard InChI is InChI=1S/C13H15NOS/c1-9-13(10(2)15)16-12(14-9)8-11-6-4-3-5-7-11/h3-7,10,15H,8H2,1-2H3. The van der Waals surface area contributed by atoms with Gasteiger partial charge in [-0.25, -0.2) is 4.98 Å². The van der Waals surface area contributed by atoms with Crippen LogP contribution in [0, 0.1) is 6.92 Å². The minimum absolute atomic E-state index is 0.415. The van der Waals surface area contributed by atoms with Gasteiger partial charge in [-0.05, 0) is 19.4 Å². The number of aryl methyl sites for hydroxylation is 1. The quantitative estimate of drug-likeness (QED) is 0.883. The molecule has 2 aromatic rings. The lowest BCUT2D eigenvalue weighted by molar-refractivity contribution is 0.202. The zero-order chi connectivity index (χ0) is 11.5. The zero-order valence-electron chi connectivity index (χ0n) is 9.47. The summed E-state index contributed by atoms with van der Waals surface area (Å²) in [4.78, 5) is 5.46. The van der Waals surface area contributed by atoms with Crippen molar-refractivity contribution < 1.29 is 5.11 Å². The normalized spacial score (nSPS) is 12.7. The van der Waals surface area contributed by atoms with E-state index in [1.807, 2.05) is 25.1 Å². The predicted octanol–water partition coefficient (Wildman–Crippen LogP) is 3.10. The molecular formula is C13H15NOS. The number of benzene rings is 1. The highest BCUT2D eigenvalue weighted by molar-refractivity contribution is 7.11. The van der Waals surface area contributed by atoms with Crippen LogP contribution in [0.15, 0.2) is 30.3 Å². The van der Waals surface area contributed by atoms with E-state index in [-0.39, 0.29) is 0 Å². The molecule has 0 aliphatic rings. The van der Waals surface area contributed by atoms with Crippen LogP contribution < -0.4 is 0 Å². The summed E-state index contributed by atoms with van der Waals surface area (Å²) in [5.74, 6) is 0. The third-order valence-corrected chi connectivity index (χ3v) is 3.78. The second-order valence-corrected chi connectivity index (χ2v) is 5.01. The van der Waals surface area contributed by atoms with Gasteiger partial charge in [-0.15, -0.1) is 11.3 Å². The van der Waals surface area contributed by atoms with Gasteiger partial charge in [-0.3, -0.25) is 0 Å². The van der Waals surface area contributed by atoms with E-state index in [1.54, 1.807) is 18.3 Å². The van der Waals surface area contributed by atoms with E-state index < -0.39 is 6.10 Å². The number of hydrogen-bond acceptors (Lipinski definition) is 3. The van der Waals surface area contributed by atoms with Gasteiger partial charge < -0.3 is 5.11 Å². The van der Waals surface area contributed by atoms with Crippen LogP contribution in [0.5, 0.6) is 0 Å². The van der Waals surface area contributed by atoms with E-state index in [0.717, 1.165) is 22.0 Å². The van der Waals surface area contributed by atoms with E-state index in [4.69, 9.17) is 0 Å². The molecule has 0 aliphatic heterocycles. The molecule has 16 heavy (non-hydrogen) atoms. The van der Waals surface area contributed by atoms with Gasteiger partial charge >= 0.3 is 0 Å². The maximum Gasteiger partial charge on any atom is 0.0975 e. The summed E-state index contributed by atoms with van der Waals surface area (Å²) in [7, 11) is 0. The highest BCUT2D eigenvalue weighted by Gasteiger charge is 2.11. The summed E-state index contributed by atoms with van der Waals surface area (Å²) in [6, 6.07) is 10.3. The first-order valence-corrected chi connectivity index (χ1v) is 6.16. The summed E-state index contributed by atoms with van der Waals surface area (Å²) in [5.41, 5.74) is 2.21. The molecule has 1 atom stereocenters. The van der Waals surface area contributed by atoms with Crippen LogP contribution in [-0.2, 0) is 6.42 Å². The van der Waals surface area contributed by atoms with Gasteiger partial charge in [0.1, 0.15) is 0 Å². The Morgan fingerprint density at radius 3 is 2.56 bits per heavy atom. The molecule has 1 heterocycles. The molecule has 0 bridgehead atoms. The van der Waals surface area contributed by atoms with Crippen molar-refractivity contribution in [2.24, 2.45) is 0 Å². The lowest BCUT2D eigenvalue weighted by Crippen LogP contribution is -1.89. The number of nitrogens with zero attached hydrogens (tertiary/aromatic N) is 1. The summed E-state index contributed by atoms with van der Waals surface area (Å²) >= 11 is 1.60. The highest BCUT2D eigenvalue weighted by Crippen LogP contribution is 2.26. The maximum absolute atomic E-state index is 9.55. The summed E-state index contributed by atoms with van der Waals surface area (Å²) < 4.78 is 0. The number of thiazole rings is 1. The molecule has 0 saturated heterocycles. The molecule has 3 heteroatoms. The maximum atomic E-state index is 9.55. The summed E-state index contributed by atoms with van der Waals surface area (Å²) in [5, 5.41) is 10.6. The zero-order valence-corrected chi connectivity index (χ0v) is 10.3. The fourth-order valence-corrected chi connectivity index (χ4v) is 2.74. The Morgan fingerprint density at radius 2 is 2.00 bits per heavy atom. The highest BCUT2D eigenvalue weighted by atomic mass is 32.1. The van der Waals surface area contributed by atoms with Crippen molar-refractivity contribution >= 4 is 11.3 Å². The van der Waals surface area contributed by atoms with Crippen molar-refractivity contribution in [3.63, 3.8) is 0 Å². The Morgan fingerprint density at radius 1 is 1.31 bits per heavy atom. The molecular weight excluding hydrogens is 218 g/mol. The van der Waals surface area contributed by atoms with Crippen LogP contribution in [0.25, 0.3) is 0 Å². The van der Waals surface area contributed by atoms with Gasteiger partial charge in [0.25, 0.3) is 0 Å². The smallest absolute Gasteiger partial charge is 0.0975 e. The molecule has 0 fully saturated rings. The lowest BCUT2D eigenvalue weighted by atomic mass is 10.2. The molecule has 0 saturated carbocycles. The molecule has 1 aromatic heterocycles. The second-order valence-electron chi connectivity index (χ2n) is 3.90. The van der Waals surface area contributed by atoms with Crippen LogP contribution in [0.2, 0.25) is 0 Å². The third-order valence-electron chi connectivity index (χ3n) is 2.45. The Bertz CT molecular complexity index is 462. The van der Waals surface area contributed by atoms with E-state index in [0.29, 0.717) is 0 Å².